The van der Waals surface area contributed by atoms with Crippen LogP contribution in [-0.2, 0) is 0 Å². The fourth-order valence-electron chi connectivity index (χ4n) is 1.30. The van der Waals surface area contributed by atoms with Gasteiger partial charge in [-0.2, -0.15) is 0 Å². The molecule has 0 aliphatic heterocycles. The Labute approximate surface area is 91.0 Å². The molecule has 0 aliphatic carbocycles. The molecule has 3 heteroatoms. The lowest BCUT2D eigenvalue weighted by atomic mass is 10.1. The van der Waals surface area contributed by atoms with E-state index in [0.29, 0.717) is 15.1 Å². The van der Waals surface area contributed by atoms with Crippen LogP contribution < -0.4 is 0 Å². The molecule has 0 bridgehead atoms. The normalized spacial score (nSPS) is 10.7. The van der Waals surface area contributed by atoms with Gasteiger partial charge in [0.2, 0.25) is 0 Å². The number of halogens is 3. The molecule has 0 amide bonds. The highest BCUT2D eigenvalue weighted by atomic mass is 35.5. The summed E-state index contributed by atoms with van der Waals surface area (Å²) in [7, 11) is 0. The SMILES string of the molecule is Clc1cc(Cl)c2c(Cl)cccc2c1. The average Bonchev–Trinajstić information content (AvgIpc) is 2.02. The third-order valence-electron chi connectivity index (χ3n) is 1.84. The predicted octanol–water partition coefficient (Wildman–Crippen LogP) is 4.80. The Kier molecular flexibility index (Phi) is 2.37. The molecular weight excluding hydrogens is 226 g/mol. The van der Waals surface area contributed by atoms with Gasteiger partial charge < -0.3 is 0 Å². The fourth-order valence-corrected chi connectivity index (χ4v) is 2.24. The molecule has 0 heterocycles. The summed E-state index contributed by atoms with van der Waals surface area (Å²) in [4.78, 5) is 0. The first-order valence-electron chi connectivity index (χ1n) is 3.72. The van der Waals surface area contributed by atoms with Crippen molar-refractivity contribution in [3.8, 4) is 0 Å². The number of benzene rings is 2. The van der Waals surface area contributed by atoms with Gasteiger partial charge in [-0.25, -0.2) is 0 Å². The van der Waals surface area contributed by atoms with E-state index in [1.807, 2.05) is 24.3 Å². The summed E-state index contributed by atoms with van der Waals surface area (Å²) in [6, 6.07) is 9.14. The monoisotopic (exact) mass is 230 g/mol. The molecule has 0 unspecified atom stereocenters. The summed E-state index contributed by atoms with van der Waals surface area (Å²) in [5.41, 5.74) is 0. The van der Waals surface area contributed by atoms with Crippen LogP contribution in [0.4, 0.5) is 0 Å². The van der Waals surface area contributed by atoms with Crippen molar-refractivity contribution in [1.29, 1.82) is 0 Å². The number of rotatable bonds is 0. The zero-order valence-corrected chi connectivity index (χ0v) is 8.79. The molecule has 0 N–H and O–H groups in total. The highest BCUT2D eigenvalue weighted by Gasteiger charge is 2.04. The van der Waals surface area contributed by atoms with Gasteiger partial charge in [0, 0.05) is 15.4 Å². The Bertz CT molecular complexity index is 463. The van der Waals surface area contributed by atoms with Gasteiger partial charge in [0.05, 0.1) is 5.02 Å². The van der Waals surface area contributed by atoms with Gasteiger partial charge in [-0.15, -0.1) is 0 Å². The second-order valence-corrected chi connectivity index (χ2v) is 3.98. The number of fused-ring (bicyclic) bond motifs is 1. The van der Waals surface area contributed by atoms with Gasteiger partial charge in [0.15, 0.2) is 0 Å². The zero-order valence-electron chi connectivity index (χ0n) is 6.52. The molecule has 2 rings (SSSR count). The van der Waals surface area contributed by atoms with Crippen molar-refractivity contribution in [2.75, 3.05) is 0 Å². The first kappa shape index (κ1) is 9.14. The maximum Gasteiger partial charge on any atom is 0.0514 e. The van der Waals surface area contributed by atoms with Crippen molar-refractivity contribution in [3.63, 3.8) is 0 Å². The quantitative estimate of drug-likeness (QED) is 0.611. The van der Waals surface area contributed by atoms with Crippen molar-refractivity contribution >= 4 is 45.6 Å². The molecule has 0 fully saturated rings. The molecule has 0 aromatic heterocycles. The van der Waals surface area contributed by atoms with E-state index in [0.717, 1.165) is 10.8 Å². The van der Waals surface area contributed by atoms with Crippen molar-refractivity contribution in [1.82, 2.24) is 0 Å². The van der Waals surface area contributed by atoms with E-state index in [1.54, 1.807) is 6.07 Å². The van der Waals surface area contributed by atoms with Crippen LogP contribution in [0.2, 0.25) is 15.1 Å². The molecule has 0 atom stereocenters. The van der Waals surface area contributed by atoms with Crippen LogP contribution in [0.1, 0.15) is 0 Å². The molecule has 0 nitrogen and oxygen atoms in total. The molecule has 2 aromatic rings. The Morgan fingerprint density at radius 1 is 0.846 bits per heavy atom. The second-order valence-electron chi connectivity index (χ2n) is 2.73. The Morgan fingerprint density at radius 3 is 2.38 bits per heavy atom. The average molecular weight is 232 g/mol. The lowest BCUT2D eigenvalue weighted by molar-refractivity contribution is 1.74. The Hall–Kier alpha value is -0.430. The van der Waals surface area contributed by atoms with Gasteiger partial charge in [-0.05, 0) is 23.6 Å². The van der Waals surface area contributed by atoms with E-state index >= 15 is 0 Å². The molecule has 13 heavy (non-hydrogen) atoms. The minimum absolute atomic E-state index is 0.591. The van der Waals surface area contributed by atoms with Gasteiger partial charge in [-0.1, -0.05) is 46.9 Å². The molecule has 0 aliphatic rings. The predicted molar refractivity (Wildman–Crippen MR) is 59.0 cm³/mol. The lowest BCUT2D eigenvalue weighted by Crippen LogP contribution is -1.76. The summed E-state index contributed by atoms with van der Waals surface area (Å²) >= 11 is 17.8. The minimum Gasteiger partial charge on any atom is -0.0843 e. The third kappa shape index (κ3) is 1.62. The van der Waals surface area contributed by atoms with Gasteiger partial charge >= 0.3 is 0 Å². The van der Waals surface area contributed by atoms with Crippen LogP contribution in [0.25, 0.3) is 10.8 Å². The third-order valence-corrected chi connectivity index (χ3v) is 2.67. The Morgan fingerprint density at radius 2 is 1.62 bits per heavy atom. The maximum atomic E-state index is 6.00. The second kappa shape index (κ2) is 3.38. The van der Waals surface area contributed by atoms with E-state index in [9.17, 15) is 0 Å². The number of hydrogen-bond donors (Lipinski definition) is 0. The van der Waals surface area contributed by atoms with E-state index in [4.69, 9.17) is 34.8 Å². The van der Waals surface area contributed by atoms with E-state index in [2.05, 4.69) is 0 Å². The van der Waals surface area contributed by atoms with Crippen LogP contribution in [0.15, 0.2) is 30.3 Å². The first-order valence-corrected chi connectivity index (χ1v) is 4.85. The van der Waals surface area contributed by atoms with Crippen LogP contribution in [0.5, 0.6) is 0 Å². The minimum atomic E-state index is 0.591. The number of hydrogen-bond acceptors (Lipinski definition) is 0. The van der Waals surface area contributed by atoms with Gasteiger partial charge in [0.1, 0.15) is 0 Å². The molecule has 0 saturated heterocycles. The van der Waals surface area contributed by atoms with Crippen LogP contribution >= 0.6 is 34.8 Å². The van der Waals surface area contributed by atoms with Crippen LogP contribution in [0.3, 0.4) is 0 Å². The van der Waals surface area contributed by atoms with Crippen LogP contribution in [-0.4, -0.2) is 0 Å². The first-order chi connectivity index (χ1) is 6.18. The summed E-state index contributed by atoms with van der Waals surface area (Å²) in [6.45, 7) is 0. The maximum absolute atomic E-state index is 6.00. The Balaban J connectivity index is 2.94. The van der Waals surface area contributed by atoms with Crippen molar-refractivity contribution in [2.24, 2.45) is 0 Å². The molecule has 0 radical (unpaired) electrons. The van der Waals surface area contributed by atoms with E-state index in [1.165, 1.54) is 0 Å². The molecule has 2 aromatic carbocycles. The van der Waals surface area contributed by atoms with Crippen molar-refractivity contribution in [2.45, 2.75) is 0 Å². The lowest BCUT2D eigenvalue weighted by Gasteiger charge is -2.02. The molecule has 0 spiro atoms. The zero-order chi connectivity index (χ0) is 9.42. The highest BCUT2D eigenvalue weighted by Crippen LogP contribution is 2.32. The van der Waals surface area contributed by atoms with Gasteiger partial charge in [-0.3, -0.25) is 0 Å². The van der Waals surface area contributed by atoms with Crippen molar-refractivity contribution < 1.29 is 0 Å². The smallest absolute Gasteiger partial charge is 0.0514 e. The molecular formula is C10H5Cl3. The molecule has 0 saturated carbocycles. The summed E-state index contributed by atoms with van der Waals surface area (Å²) in [6.07, 6.45) is 0. The summed E-state index contributed by atoms with van der Waals surface area (Å²) in [5, 5.41) is 3.69. The largest absolute Gasteiger partial charge is 0.0843 e. The topological polar surface area (TPSA) is 0 Å². The van der Waals surface area contributed by atoms with Gasteiger partial charge in [0.25, 0.3) is 0 Å². The summed E-state index contributed by atoms with van der Waals surface area (Å²) < 4.78 is 0. The summed E-state index contributed by atoms with van der Waals surface area (Å²) in [5.74, 6) is 0. The van der Waals surface area contributed by atoms with E-state index < -0.39 is 0 Å². The van der Waals surface area contributed by atoms with E-state index in [-0.39, 0.29) is 0 Å². The van der Waals surface area contributed by atoms with Crippen LogP contribution in [0, 0.1) is 0 Å². The van der Waals surface area contributed by atoms with Crippen molar-refractivity contribution in [3.05, 3.63) is 45.4 Å². The standard InChI is InChI=1S/C10H5Cl3/c11-7-4-6-2-1-3-8(12)10(6)9(13)5-7/h1-5H. The highest BCUT2D eigenvalue weighted by molar-refractivity contribution is 6.43. The fraction of sp³-hybridized carbons (Fsp3) is 0. The molecule has 66 valence electrons.